The average molecular weight is 545 g/mol. The minimum absolute atomic E-state index is 0.0674. The highest BCUT2D eigenvalue weighted by molar-refractivity contribution is 5.88. The van der Waals surface area contributed by atoms with Crippen molar-refractivity contribution in [3.05, 3.63) is 0 Å². The van der Waals surface area contributed by atoms with Crippen molar-refractivity contribution in [3.8, 4) is 0 Å². The Kier molecular flexibility index (Phi) is 15.8. The van der Waals surface area contributed by atoms with Crippen LogP contribution in [0.2, 0.25) is 0 Å². The largest absolute Gasteiger partial charge is 0.481 e. The van der Waals surface area contributed by atoms with Gasteiger partial charge in [0, 0.05) is 6.92 Å². The number of carboxylic acids is 1. The number of aliphatic hydroxyl groups is 2. The van der Waals surface area contributed by atoms with Crippen LogP contribution in [0.15, 0.2) is 0 Å². The SMILES string of the molecule is CC(=O)N[C@H](C(=O)N[C@@H](CC(C)C)[C@@H](O)CC(=O)N[C@@H](C)C(=O)N[C@@H](CC(C)C)[C@@H](O)CC(=O)O)C(C)C. The molecule has 0 aliphatic heterocycles. The molecule has 0 aromatic carbocycles. The van der Waals surface area contributed by atoms with Crippen LogP contribution in [0.25, 0.3) is 0 Å². The third kappa shape index (κ3) is 14.3. The molecule has 0 unspecified atom stereocenters. The first-order valence-electron chi connectivity index (χ1n) is 13.2. The summed E-state index contributed by atoms with van der Waals surface area (Å²) in [5.74, 6) is -3.32. The van der Waals surface area contributed by atoms with Crippen molar-refractivity contribution < 1.29 is 39.3 Å². The molecule has 0 rings (SSSR count). The number of hydrogen-bond donors (Lipinski definition) is 7. The minimum Gasteiger partial charge on any atom is -0.481 e. The molecule has 0 heterocycles. The number of rotatable bonds is 17. The van der Waals surface area contributed by atoms with Gasteiger partial charge in [0.05, 0.1) is 37.1 Å². The fourth-order valence-corrected chi connectivity index (χ4v) is 3.99. The molecule has 6 atom stereocenters. The number of carboxylic acid groups (broad SMARTS) is 1. The molecule has 0 radical (unpaired) electrons. The van der Waals surface area contributed by atoms with Crippen LogP contribution >= 0.6 is 0 Å². The standard InChI is InChI=1S/C26H48N4O8/c1-13(2)9-18(30-26(38)24(15(5)6)28-17(8)31)20(32)11-22(34)27-16(7)25(37)29-19(10-14(3)4)21(33)12-23(35)36/h13-16,18-21,24,32-33H,9-12H2,1-8H3,(H,27,34)(H,28,31)(H,29,37)(H,30,38)(H,35,36)/t16-,18-,19-,20-,21-,24-/m0/s1. The second kappa shape index (κ2) is 17.0. The maximum absolute atomic E-state index is 12.8. The zero-order valence-electron chi connectivity index (χ0n) is 23.9. The molecular weight excluding hydrogens is 496 g/mol. The zero-order valence-corrected chi connectivity index (χ0v) is 23.9. The van der Waals surface area contributed by atoms with Crippen LogP contribution in [0, 0.1) is 17.8 Å². The van der Waals surface area contributed by atoms with Gasteiger partial charge >= 0.3 is 5.97 Å². The monoisotopic (exact) mass is 544 g/mol. The highest BCUT2D eigenvalue weighted by atomic mass is 16.4. The van der Waals surface area contributed by atoms with E-state index in [4.69, 9.17) is 5.11 Å². The van der Waals surface area contributed by atoms with E-state index in [2.05, 4.69) is 21.3 Å². The van der Waals surface area contributed by atoms with Gasteiger partial charge in [-0.2, -0.15) is 0 Å². The van der Waals surface area contributed by atoms with Crippen LogP contribution in [-0.4, -0.2) is 81.3 Å². The number of carbonyl (C=O) groups excluding carboxylic acids is 4. The second-order valence-corrected chi connectivity index (χ2v) is 11.1. The summed E-state index contributed by atoms with van der Waals surface area (Å²) in [5.41, 5.74) is 0. The van der Waals surface area contributed by atoms with Gasteiger partial charge in [0.15, 0.2) is 0 Å². The van der Waals surface area contributed by atoms with E-state index in [1.807, 2.05) is 27.7 Å². The molecular formula is C26H48N4O8. The maximum atomic E-state index is 12.8. The summed E-state index contributed by atoms with van der Waals surface area (Å²) in [6.07, 6.45) is -2.76. The summed E-state index contributed by atoms with van der Waals surface area (Å²) in [5, 5.41) is 40.4. The van der Waals surface area contributed by atoms with Crippen molar-refractivity contribution in [3.63, 3.8) is 0 Å². The van der Waals surface area contributed by atoms with Gasteiger partial charge in [-0.15, -0.1) is 0 Å². The first kappa shape index (κ1) is 35.3. The van der Waals surface area contributed by atoms with E-state index in [1.165, 1.54) is 13.8 Å². The van der Waals surface area contributed by atoms with Crippen molar-refractivity contribution in [1.29, 1.82) is 0 Å². The van der Waals surface area contributed by atoms with E-state index in [9.17, 15) is 34.2 Å². The molecule has 0 aromatic rings. The van der Waals surface area contributed by atoms with Crippen molar-refractivity contribution in [2.45, 2.75) is 117 Å². The Bertz CT molecular complexity index is 802. The Morgan fingerprint density at radius 1 is 0.658 bits per heavy atom. The topological polar surface area (TPSA) is 194 Å². The van der Waals surface area contributed by atoms with Crippen LogP contribution in [0.3, 0.4) is 0 Å². The molecule has 220 valence electrons. The maximum Gasteiger partial charge on any atom is 0.306 e. The van der Waals surface area contributed by atoms with Gasteiger partial charge in [0.1, 0.15) is 12.1 Å². The Balaban J connectivity index is 5.26. The summed E-state index contributed by atoms with van der Waals surface area (Å²) >= 11 is 0. The molecule has 7 N–H and O–H groups in total. The van der Waals surface area contributed by atoms with E-state index < -0.39 is 72.9 Å². The Morgan fingerprint density at radius 2 is 1.11 bits per heavy atom. The summed E-state index contributed by atoms with van der Waals surface area (Å²) in [6, 6.07) is -3.41. The molecule has 4 amide bonds. The van der Waals surface area contributed by atoms with Crippen molar-refractivity contribution in [2.75, 3.05) is 0 Å². The minimum atomic E-state index is -1.30. The molecule has 0 saturated carbocycles. The molecule has 38 heavy (non-hydrogen) atoms. The number of nitrogens with one attached hydrogen (secondary N) is 4. The molecule has 0 fully saturated rings. The molecule has 0 aliphatic rings. The third-order valence-electron chi connectivity index (χ3n) is 5.89. The Morgan fingerprint density at radius 3 is 1.50 bits per heavy atom. The quantitative estimate of drug-likeness (QED) is 0.136. The van der Waals surface area contributed by atoms with Gasteiger partial charge in [-0.25, -0.2) is 0 Å². The lowest BCUT2D eigenvalue weighted by molar-refractivity contribution is -0.140. The zero-order chi connectivity index (χ0) is 29.7. The van der Waals surface area contributed by atoms with Gasteiger partial charge in [-0.3, -0.25) is 24.0 Å². The molecule has 12 nitrogen and oxygen atoms in total. The predicted octanol–water partition coefficient (Wildman–Crippen LogP) is 0.300. The summed E-state index contributed by atoms with van der Waals surface area (Å²) < 4.78 is 0. The number of aliphatic carboxylic acids is 1. The second-order valence-electron chi connectivity index (χ2n) is 11.1. The number of amides is 4. The number of hydrogen-bond acceptors (Lipinski definition) is 7. The molecule has 0 spiro atoms. The van der Waals surface area contributed by atoms with Crippen LogP contribution in [-0.2, 0) is 24.0 Å². The number of aliphatic hydroxyl groups excluding tert-OH is 2. The first-order valence-corrected chi connectivity index (χ1v) is 13.2. The van der Waals surface area contributed by atoms with E-state index >= 15 is 0 Å². The van der Waals surface area contributed by atoms with Crippen LogP contribution in [0.4, 0.5) is 0 Å². The van der Waals surface area contributed by atoms with E-state index in [0.29, 0.717) is 12.8 Å². The molecule has 0 saturated heterocycles. The number of carbonyl (C=O) groups is 5. The van der Waals surface area contributed by atoms with Crippen LogP contribution < -0.4 is 21.3 Å². The summed E-state index contributed by atoms with van der Waals surface area (Å²) in [7, 11) is 0. The van der Waals surface area contributed by atoms with Crippen molar-refractivity contribution >= 4 is 29.6 Å². The van der Waals surface area contributed by atoms with Crippen molar-refractivity contribution in [2.24, 2.45) is 17.8 Å². The summed E-state index contributed by atoms with van der Waals surface area (Å²) in [4.78, 5) is 60.6. The van der Waals surface area contributed by atoms with Gasteiger partial charge < -0.3 is 36.6 Å². The Labute approximate surface area is 225 Å². The highest BCUT2D eigenvalue weighted by Gasteiger charge is 2.31. The van der Waals surface area contributed by atoms with Gasteiger partial charge in [0.2, 0.25) is 23.6 Å². The predicted molar refractivity (Wildman–Crippen MR) is 142 cm³/mol. The first-order chi connectivity index (χ1) is 17.4. The molecule has 0 bridgehead atoms. The van der Waals surface area contributed by atoms with Crippen molar-refractivity contribution in [1.82, 2.24) is 21.3 Å². The third-order valence-corrected chi connectivity index (χ3v) is 5.89. The van der Waals surface area contributed by atoms with Gasteiger partial charge in [0.25, 0.3) is 0 Å². The van der Waals surface area contributed by atoms with Gasteiger partial charge in [-0.1, -0.05) is 41.5 Å². The van der Waals surface area contributed by atoms with E-state index in [0.717, 1.165) is 0 Å². The van der Waals surface area contributed by atoms with E-state index in [-0.39, 0.29) is 23.7 Å². The fraction of sp³-hybridized carbons (Fsp3) is 0.808. The van der Waals surface area contributed by atoms with E-state index in [1.54, 1.807) is 13.8 Å². The molecule has 12 heteroatoms. The molecule has 0 aromatic heterocycles. The lowest BCUT2D eigenvalue weighted by atomic mass is 9.95. The fourth-order valence-electron chi connectivity index (χ4n) is 3.99. The molecule has 0 aliphatic carbocycles. The summed E-state index contributed by atoms with van der Waals surface area (Å²) in [6.45, 7) is 13.8. The average Bonchev–Trinajstić information content (AvgIpc) is 2.74. The van der Waals surface area contributed by atoms with Crippen LogP contribution in [0.5, 0.6) is 0 Å². The van der Waals surface area contributed by atoms with Gasteiger partial charge in [-0.05, 0) is 37.5 Å². The smallest absolute Gasteiger partial charge is 0.306 e. The lowest BCUT2D eigenvalue weighted by Crippen LogP contribution is -2.55. The highest BCUT2D eigenvalue weighted by Crippen LogP contribution is 2.14. The van der Waals surface area contributed by atoms with Crippen LogP contribution in [0.1, 0.15) is 81.1 Å². The Hall–Kier alpha value is -2.73. The lowest BCUT2D eigenvalue weighted by Gasteiger charge is -2.29. The normalized spacial score (nSPS) is 16.2.